The molecule has 0 saturated carbocycles. The number of hydrogen-bond acceptors (Lipinski definition) is 3. The molecule has 4 heteroatoms. The van der Waals surface area contributed by atoms with Gasteiger partial charge >= 0.3 is 0 Å². The van der Waals surface area contributed by atoms with Crippen LogP contribution in [0.5, 0.6) is 0 Å². The second-order valence-corrected chi connectivity index (χ2v) is 7.55. The highest BCUT2D eigenvalue weighted by atomic mass is 32.2. The molecule has 2 heterocycles. The van der Waals surface area contributed by atoms with Crippen LogP contribution in [0.25, 0.3) is 0 Å². The molecule has 2 aliphatic rings. The van der Waals surface area contributed by atoms with Gasteiger partial charge in [0, 0.05) is 5.54 Å². The van der Waals surface area contributed by atoms with Crippen LogP contribution in [0.3, 0.4) is 0 Å². The van der Waals surface area contributed by atoms with Gasteiger partial charge < -0.3 is 5.32 Å². The zero-order valence-corrected chi connectivity index (χ0v) is 11.0. The summed E-state index contributed by atoms with van der Waals surface area (Å²) in [6, 6.07) is 0. The van der Waals surface area contributed by atoms with Crippen molar-refractivity contribution in [3.05, 3.63) is 0 Å². The molecule has 0 aromatic rings. The van der Waals surface area contributed by atoms with Gasteiger partial charge in [-0.3, -0.25) is 0 Å². The summed E-state index contributed by atoms with van der Waals surface area (Å²) in [6.07, 6.45) is 7.14. The largest absolute Gasteiger partial charge is 0.310 e. The van der Waals surface area contributed by atoms with E-state index in [0.717, 1.165) is 38.6 Å². The van der Waals surface area contributed by atoms with Gasteiger partial charge in [0.05, 0.1) is 11.0 Å². The zero-order valence-electron chi connectivity index (χ0n) is 10.2. The molecule has 1 N–H and O–H groups in total. The molecule has 2 rings (SSSR count). The number of rotatable bonds is 2. The van der Waals surface area contributed by atoms with Crippen LogP contribution in [-0.4, -0.2) is 31.5 Å². The first-order valence-corrected chi connectivity index (χ1v) is 8.29. The molecule has 3 nitrogen and oxygen atoms in total. The minimum atomic E-state index is -2.86. The summed E-state index contributed by atoms with van der Waals surface area (Å²) < 4.78 is 24.4. The summed E-state index contributed by atoms with van der Waals surface area (Å²) >= 11 is 0. The predicted molar refractivity (Wildman–Crippen MR) is 66.3 cm³/mol. The van der Waals surface area contributed by atoms with Crippen LogP contribution in [-0.2, 0) is 9.84 Å². The average molecular weight is 245 g/mol. The molecule has 0 radical (unpaired) electrons. The molecule has 2 saturated heterocycles. The van der Waals surface area contributed by atoms with E-state index in [1.54, 1.807) is 0 Å². The summed E-state index contributed by atoms with van der Waals surface area (Å²) in [4.78, 5) is 0. The lowest BCUT2D eigenvalue weighted by Gasteiger charge is -2.45. The topological polar surface area (TPSA) is 46.2 Å². The third kappa shape index (κ3) is 2.14. The maximum atomic E-state index is 12.2. The van der Waals surface area contributed by atoms with E-state index < -0.39 is 9.84 Å². The van der Waals surface area contributed by atoms with Crippen molar-refractivity contribution in [3.8, 4) is 0 Å². The van der Waals surface area contributed by atoms with Gasteiger partial charge in [-0.15, -0.1) is 0 Å². The highest BCUT2D eigenvalue weighted by molar-refractivity contribution is 7.92. The molecule has 94 valence electrons. The minimum absolute atomic E-state index is 0.114. The van der Waals surface area contributed by atoms with Crippen molar-refractivity contribution in [2.75, 3.05) is 12.3 Å². The highest BCUT2D eigenvalue weighted by Gasteiger charge is 2.45. The lowest BCUT2D eigenvalue weighted by molar-refractivity contribution is 0.222. The summed E-state index contributed by atoms with van der Waals surface area (Å²) in [5.41, 5.74) is -0.114. The molecule has 0 aromatic heterocycles. The van der Waals surface area contributed by atoms with Gasteiger partial charge in [0.1, 0.15) is 0 Å². The molecule has 0 aromatic carbocycles. The van der Waals surface area contributed by atoms with Crippen molar-refractivity contribution in [2.45, 2.75) is 62.7 Å². The van der Waals surface area contributed by atoms with Crippen molar-refractivity contribution in [3.63, 3.8) is 0 Å². The van der Waals surface area contributed by atoms with Crippen LogP contribution < -0.4 is 5.32 Å². The summed E-state index contributed by atoms with van der Waals surface area (Å²) in [6.45, 7) is 3.11. The fraction of sp³-hybridized carbons (Fsp3) is 1.00. The maximum absolute atomic E-state index is 12.2. The van der Waals surface area contributed by atoms with Gasteiger partial charge in [0.2, 0.25) is 0 Å². The Morgan fingerprint density at radius 2 is 2.06 bits per heavy atom. The van der Waals surface area contributed by atoms with Crippen molar-refractivity contribution in [1.82, 2.24) is 5.32 Å². The van der Waals surface area contributed by atoms with Crippen molar-refractivity contribution >= 4 is 9.84 Å². The Bertz CT molecular complexity index is 331. The highest BCUT2D eigenvalue weighted by Crippen LogP contribution is 2.36. The van der Waals surface area contributed by atoms with Crippen LogP contribution in [0, 0.1) is 0 Å². The molecular formula is C12H23NO2S. The van der Waals surface area contributed by atoms with Gasteiger partial charge in [-0.05, 0) is 38.6 Å². The van der Waals surface area contributed by atoms with Gasteiger partial charge in [-0.2, -0.15) is 0 Å². The Hall–Kier alpha value is -0.0900. The van der Waals surface area contributed by atoms with E-state index in [1.807, 2.05) is 0 Å². The Balaban J connectivity index is 2.25. The Labute approximate surface area is 98.9 Å². The van der Waals surface area contributed by atoms with Crippen LogP contribution in [0.15, 0.2) is 0 Å². The molecule has 16 heavy (non-hydrogen) atoms. The smallest absolute Gasteiger partial charge is 0.154 e. The van der Waals surface area contributed by atoms with Crippen LogP contribution in [0.1, 0.15) is 51.9 Å². The van der Waals surface area contributed by atoms with E-state index in [4.69, 9.17) is 0 Å². The first-order chi connectivity index (χ1) is 7.61. The number of nitrogens with one attached hydrogen (secondary N) is 1. The molecule has 2 unspecified atom stereocenters. The van der Waals surface area contributed by atoms with Crippen molar-refractivity contribution < 1.29 is 8.42 Å². The summed E-state index contributed by atoms with van der Waals surface area (Å²) in [5, 5.41) is 3.40. The van der Waals surface area contributed by atoms with Crippen LogP contribution in [0.4, 0.5) is 0 Å². The molecule has 2 fully saturated rings. The lowest BCUT2D eigenvalue weighted by atomic mass is 9.81. The Morgan fingerprint density at radius 3 is 2.62 bits per heavy atom. The fourth-order valence-corrected chi connectivity index (χ4v) is 5.84. The summed E-state index contributed by atoms with van der Waals surface area (Å²) in [5.74, 6) is 0.404. The first-order valence-electron chi connectivity index (χ1n) is 6.57. The third-order valence-electron chi connectivity index (χ3n) is 4.35. The Morgan fingerprint density at radius 1 is 1.25 bits per heavy atom. The number of hydrogen-bond donors (Lipinski definition) is 1. The molecular weight excluding hydrogens is 222 g/mol. The van der Waals surface area contributed by atoms with E-state index in [9.17, 15) is 8.42 Å². The summed E-state index contributed by atoms with van der Waals surface area (Å²) in [7, 11) is -2.86. The van der Waals surface area contributed by atoms with Gasteiger partial charge in [0.25, 0.3) is 0 Å². The van der Waals surface area contributed by atoms with Crippen molar-refractivity contribution in [2.24, 2.45) is 0 Å². The first kappa shape index (κ1) is 12.4. The number of piperidine rings is 1. The minimum Gasteiger partial charge on any atom is -0.310 e. The van der Waals surface area contributed by atoms with Gasteiger partial charge in [-0.25, -0.2) is 8.42 Å². The normalized spacial score (nSPS) is 39.4. The SMILES string of the molecule is CCC1(C2CCCCS2(=O)=O)CCCCN1. The standard InChI is InChI=1S/C12H23NO2S/c1-2-12(8-4-5-9-13-12)11-7-3-6-10-16(11,14)15/h11,13H,2-10H2,1H3. The van der Waals surface area contributed by atoms with E-state index in [1.165, 1.54) is 12.8 Å². The van der Waals surface area contributed by atoms with E-state index in [0.29, 0.717) is 5.75 Å². The monoisotopic (exact) mass is 245 g/mol. The second-order valence-electron chi connectivity index (χ2n) is 5.24. The number of sulfone groups is 1. The van der Waals surface area contributed by atoms with Crippen LogP contribution in [0.2, 0.25) is 0 Å². The van der Waals surface area contributed by atoms with Crippen LogP contribution >= 0.6 is 0 Å². The lowest BCUT2D eigenvalue weighted by Crippen LogP contribution is -2.60. The van der Waals surface area contributed by atoms with E-state index in [2.05, 4.69) is 12.2 Å². The van der Waals surface area contributed by atoms with Crippen molar-refractivity contribution in [1.29, 1.82) is 0 Å². The quantitative estimate of drug-likeness (QED) is 0.808. The van der Waals surface area contributed by atoms with Gasteiger partial charge in [-0.1, -0.05) is 19.8 Å². The zero-order chi connectivity index (χ0) is 11.6. The Kier molecular flexibility index (Phi) is 3.59. The molecule has 2 atom stereocenters. The molecule has 2 aliphatic heterocycles. The second kappa shape index (κ2) is 4.65. The fourth-order valence-electron chi connectivity index (χ4n) is 3.37. The molecule has 0 amide bonds. The third-order valence-corrected chi connectivity index (χ3v) is 6.76. The van der Waals surface area contributed by atoms with Gasteiger partial charge in [0.15, 0.2) is 9.84 Å². The van der Waals surface area contributed by atoms with E-state index >= 15 is 0 Å². The molecule has 0 bridgehead atoms. The molecule has 0 spiro atoms. The predicted octanol–water partition coefficient (Wildman–Crippen LogP) is 1.88. The molecule has 0 aliphatic carbocycles. The average Bonchev–Trinajstić information content (AvgIpc) is 2.29. The van der Waals surface area contributed by atoms with E-state index in [-0.39, 0.29) is 10.8 Å². The maximum Gasteiger partial charge on any atom is 0.154 e.